The molecule has 3 heteroatoms. The molecule has 0 saturated heterocycles. The number of fused-ring (bicyclic) bond motifs is 1. The largest absolute Gasteiger partial charge is 0.292 e. The lowest BCUT2D eigenvalue weighted by molar-refractivity contribution is 0.500. The molecule has 1 aromatic heterocycles. The molecule has 0 bridgehead atoms. The zero-order valence-corrected chi connectivity index (χ0v) is 16.5. The van der Waals surface area contributed by atoms with Gasteiger partial charge in [-0.05, 0) is 34.1 Å². The van der Waals surface area contributed by atoms with E-state index in [-0.39, 0.29) is 10.8 Å². The highest BCUT2D eigenvalue weighted by Gasteiger charge is 2.31. The Morgan fingerprint density at radius 1 is 1.17 bits per heavy atom. The van der Waals surface area contributed by atoms with E-state index in [1.165, 1.54) is 27.3 Å². The first kappa shape index (κ1) is 17.3. The standard InChI is InChI=1S/C21H28N2S/c1-14-12-22-13-16-8-7-15(18(17(14)16)20(2,3)4)11-21(5,6)19-23-9-10-24-19/h7-10,13-14H,11-12H2,1-6H3. The van der Waals surface area contributed by atoms with Crippen molar-refractivity contribution in [3.8, 4) is 0 Å². The lowest BCUT2D eigenvalue weighted by atomic mass is 9.72. The van der Waals surface area contributed by atoms with E-state index in [0.717, 1.165) is 13.0 Å². The van der Waals surface area contributed by atoms with Crippen molar-refractivity contribution in [2.24, 2.45) is 4.99 Å². The van der Waals surface area contributed by atoms with Crippen molar-refractivity contribution in [1.29, 1.82) is 0 Å². The van der Waals surface area contributed by atoms with E-state index in [1.807, 2.05) is 6.20 Å². The molecule has 24 heavy (non-hydrogen) atoms. The Bertz CT molecular complexity index is 749. The number of aliphatic imine (C=N–C) groups is 1. The molecular weight excluding hydrogens is 312 g/mol. The first-order chi connectivity index (χ1) is 11.2. The minimum absolute atomic E-state index is 0.0500. The molecule has 0 N–H and O–H groups in total. The number of nitrogens with zero attached hydrogens (tertiary/aromatic N) is 2. The minimum atomic E-state index is 0.0500. The molecular formula is C21H28N2S. The quantitative estimate of drug-likeness (QED) is 0.724. The summed E-state index contributed by atoms with van der Waals surface area (Å²) in [5.41, 5.74) is 5.96. The molecule has 0 amide bonds. The smallest absolute Gasteiger partial charge is 0.0984 e. The summed E-state index contributed by atoms with van der Waals surface area (Å²) < 4.78 is 0. The summed E-state index contributed by atoms with van der Waals surface area (Å²) in [5, 5.41) is 3.29. The number of thiazole rings is 1. The Morgan fingerprint density at radius 2 is 1.92 bits per heavy atom. The van der Waals surface area contributed by atoms with Gasteiger partial charge in [-0.2, -0.15) is 0 Å². The molecule has 0 spiro atoms. The van der Waals surface area contributed by atoms with Gasteiger partial charge in [0.05, 0.1) is 5.01 Å². The van der Waals surface area contributed by atoms with Crippen LogP contribution in [0.2, 0.25) is 0 Å². The average molecular weight is 341 g/mol. The summed E-state index contributed by atoms with van der Waals surface area (Å²) >= 11 is 1.76. The SMILES string of the molecule is CC1CN=Cc2ccc(CC(C)(C)c3nccs3)c(C(C)(C)C)c21. The van der Waals surface area contributed by atoms with Gasteiger partial charge in [0.1, 0.15) is 0 Å². The van der Waals surface area contributed by atoms with Crippen molar-refractivity contribution in [3.63, 3.8) is 0 Å². The summed E-state index contributed by atoms with van der Waals surface area (Å²) in [4.78, 5) is 9.11. The molecule has 2 heterocycles. The van der Waals surface area contributed by atoms with E-state index >= 15 is 0 Å². The highest BCUT2D eigenvalue weighted by molar-refractivity contribution is 7.09. The van der Waals surface area contributed by atoms with Crippen LogP contribution < -0.4 is 0 Å². The molecule has 0 aliphatic carbocycles. The first-order valence-corrected chi connectivity index (χ1v) is 9.64. The lowest BCUT2D eigenvalue weighted by Gasteiger charge is -2.33. The Morgan fingerprint density at radius 3 is 2.54 bits per heavy atom. The second-order valence-electron chi connectivity index (χ2n) is 8.65. The van der Waals surface area contributed by atoms with E-state index in [0.29, 0.717) is 5.92 Å². The molecule has 1 aliphatic heterocycles. The van der Waals surface area contributed by atoms with Gasteiger partial charge in [0.15, 0.2) is 0 Å². The van der Waals surface area contributed by atoms with E-state index in [9.17, 15) is 0 Å². The van der Waals surface area contributed by atoms with Gasteiger partial charge >= 0.3 is 0 Å². The van der Waals surface area contributed by atoms with Crippen LogP contribution in [0.4, 0.5) is 0 Å². The molecule has 2 nitrogen and oxygen atoms in total. The minimum Gasteiger partial charge on any atom is -0.292 e. The second-order valence-corrected chi connectivity index (χ2v) is 9.54. The summed E-state index contributed by atoms with van der Waals surface area (Å²) in [6.07, 6.45) is 4.99. The van der Waals surface area contributed by atoms with Gasteiger partial charge in [-0.3, -0.25) is 4.99 Å². The number of hydrogen-bond acceptors (Lipinski definition) is 3. The molecule has 128 valence electrons. The Labute approximate surface area is 150 Å². The Balaban J connectivity index is 2.12. The Hall–Kier alpha value is -1.48. The molecule has 0 fully saturated rings. The fraction of sp³-hybridized carbons (Fsp3) is 0.524. The zero-order valence-electron chi connectivity index (χ0n) is 15.7. The summed E-state index contributed by atoms with van der Waals surface area (Å²) in [6.45, 7) is 14.8. The van der Waals surface area contributed by atoms with Gasteiger partial charge in [0.25, 0.3) is 0 Å². The third kappa shape index (κ3) is 3.19. The molecule has 1 unspecified atom stereocenters. The van der Waals surface area contributed by atoms with Crippen LogP contribution in [-0.2, 0) is 17.3 Å². The van der Waals surface area contributed by atoms with E-state index in [2.05, 4.69) is 75.2 Å². The van der Waals surface area contributed by atoms with E-state index in [1.54, 1.807) is 11.3 Å². The second kappa shape index (κ2) is 6.11. The highest BCUT2D eigenvalue weighted by atomic mass is 32.1. The molecule has 0 saturated carbocycles. The van der Waals surface area contributed by atoms with Crippen LogP contribution in [0.25, 0.3) is 0 Å². The van der Waals surface area contributed by atoms with Crippen molar-refractivity contribution < 1.29 is 0 Å². The predicted octanol–water partition coefficient (Wildman–Crippen LogP) is 5.50. The van der Waals surface area contributed by atoms with Crippen LogP contribution in [0.5, 0.6) is 0 Å². The van der Waals surface area contributed by atoms with Gasteiger partial charge in [-0.15, -0.1) is 11.3 Å². The van der Waals surface area contributed by atoms with E-state index in [4.69, 9.17) is 0 Å². The topological polar surface area (TPSA) is 25.2 Å². The molecule has 3 rings (SSSR count). The van der Waals surface area contributed by atoms with Crippen molar-refractivity contribution in [3.05, 3.63) is 51.0 Å². The third-order valence-corrected chi connectivity index (χ3v) is 6.00. The molecule has 0 radical (unpaired) electrons. The summed E-state index contributed by atoms with van der Waals surface area (Å²) in [7, 11) is 0. The summed E-state index contributed by atoms with van der Waals surface area (Å²) in [6, 6.07) is 4.58. The van der Waals surface area contributed by atoms with Gasteiger partial charge < -0.3 is 0 Å². The van der Waals surface area contributed by atoms with Crippen molar-refractivity contribution in [1.82, 2.24) is 4.98 Å². The fourth-order valence-corrected chi connectivity index (χ4v) is 4.63. The van der Waals surface area contributed by atoms with Crippen LogP contribution >= 0.6 is 11.3 Å². The third-order valence-electron chi connectivity index (χ3n) is 4.86. The Kier molecular flexibility index (Phi) is 4.41. The van der Waals surface area contributed by atoms with Crippen molar-refractivity contribution in [2.45, 2.75) is 64.7 Å². The van der Waals surface area contributed by atoms with Crippen LogP contribution in [0, 0.1) is 0 Å². The number of hydrogen-bond donors (Lipinski definition) is 0. The van der Waals surface area contributed by atoms with Gasteiger partial charge in [0, 0.05) is 35.7 Å². The maximum Gasteiger partial charge on any atom is 0.0984 e. The predicted molar refractivity (Wildman–Crippen MR) is 105 cm³/mol. The monoisotopic (exact) mass is 340 g/mol. The van der Waals surface area contributed by atoms with Crippen molar-refractivity contribution >= 4 is 17.6 Å². The fourth-order valence-electron chi connectivity index (χ4n) is 3.87. The molecule has 1 atom stereocenters. The van der Waals surface area contributed by atoms with Crippen LogP contribution in [-0.4, -0.2) is 17.7 Å². The zero-order chi connectivity index (χ0) is 17.5. The van der Waals surface area contributed by atoms with Crippen LogP contribution in [0.15, 0.2) is 28.7 Å². The molecule has 1 aliphatic rings. The van der Waals surface area contributed by atoms with Gasteiger partial charge in [-0.25, -0.2) is 4.98 Å². The first-order valence-electron chi connectivity index (χ1n) is 8.76. The number of benzene rings is 1. The van der Waals surface area contributed by atoms with Crippen molar-refractivity contribution in [2.75, 3.05) is 6.54 Å². The number of aromatic nitrogens is 1. The number of rotatable bonds is 3. The maximum atomic E-state index is 4.58. The lowest BCUT2D eigenvalue weighted by Crippen LogP contribution is -2.27. The maximum absolute atomic E-state index is 4.58. The van der Waals surface area contributed by atoms with Crippen LogP contribution in [0.3, 0.4) is 0 Å². The van der Waals surface area contributed by atoms with E-state index < -0.39 is 0 Å². The molecule has 2 aromatic rings. The highest BCUT2D eigenvalue weighted by Crippen LogP contribution is 2.40. The molecule has 1 aromatic carbocycles. The van der Waals surface area contributed by atoms with Crippen LogP contribution in [0.1, 0.15) is 74.7 Å². The van der Waals surface area contributed by atoms with Gasteiger partial charge in [0.2, 0.25) is 0 Å². The normalized spacial score (nSPS) is 17.8. The average Bonchev–Trinajstić information content (AvgIpc) is 3.01. The van der Waals surface area contributed by atoms with Gasteiger partial charge in [-0.1, -0.05) is 53.7 Å². The summed E-state index contributed by atoms with van der Waals surface area (Å²) in [5.74, 6) is 0.488.